The SMILES string of the molecule is CCNC(=NCc1ccc(N2CCC(CO)CC2)cc1)NCCC1=CCCCC1.I. The van der Waals surface area contributed by atoms with E-state index in [1.54, 1.807) is 5.57 Å². The summed E-state index contributed by atoms with van der Waals surface area (Å²) >= 11 is 0. The predicted molar refractivity (Wildman–Crippen MR) is 138 cm³/mol. The van der Waals surface area contributed by atoms with Gasteiger partial charge in [-0.15, -0.1) is 24.0 Å². The van der Waals surface area contributed by atoms with Crippen LogP contribution in [0.3, 0.4) is 0 Å². The van der Waals surface area contributed by atoms with Crippen LogP contribution in [0.1, 0.15) is 57.4 Å². The second kappa shape index (κ2) is 13.9. The maximum absolute atomic E-state index is 9.30. The molecule has 1 fully saturated rings. The van der Waals surface area contributed by atoms with E-state index in [0.29, 0.717) is 19.1 Å². The lowest BCUT2D eigenvalue weighted by Gasteiger charge is -2.32. The molecule has 0 saturated carbocycles. The molecule has 2 aliphatic rings. The fourth-order valence-corrected chi connectivity index (χ4v) is 4.17. The van der Waals surface area contributed by atoms with Gasteiger partial charge in [0.25, 0.3) is 0 Å². The van der Waals surface area contributed by atoms with Crippen molar-refractivity contribution >= 4 is 35.6 Å². The van der Waals surface area contributed by atoms with Gasteiger partial charge in [-0.2, -0.15) is 0 Å². The first-order chi connectivity index (χ1) is 14.3. The first-order valence-electron chi connectivity index (χ1n) is 11.4. The smallest absolute Gasteiger partial charge is 0.191 e. The van der Waals surface area contributed by atoms with E-state index in [1.807, 2.05) is 0 Å². The third kappa shape index (κ3) is 8.10. The molecule has 3 rings (SSSR count). The van der Waals surface area contributed by atoms with Crippen molar-refractivity contribution in [3.63, 3.8) is 0 Å². The van der Waals surface area contributed by atoms with Gasteiger partial charge in [-0.3, -0.25) is 0 Å². The fourth-order valence-electron chi connectivity index (χ4n) is 4.17. The number of halogens is 1. The molecule has 0 bridgehead atoms. The Morgan fingerprint density at radius 2 is 1.90 bits per heavy atom. The van der Waals surface area contributed by atoms with E-state index in [1.165, 1.54) is 36.9 Å². The first-order valence-corrected chi connectivity index (χ1v) is 11.4. The number of nitrogens with one attached hydrogen (secondary N) is 2. The highest BCUT2D eigenvalue weighted by molar-refractivity contribution is 14.0. The van der Waals surface area contributed by atoms with Crippen molar-refractivity contribution in [1.29, 1.82) is 0 Å². The molecule has 0 atom stereocenters. The van der Waals surface area contributed by atoms with Crippen LogP contribution in [0.25, 0.3) is 0 Å². The van der Waals surface area contributed by atoms with Crippen LogP contribution < -0.4 is 15.5 Å². The topological polar surface area (TPSA) is 59.9 Å². The Morgan fingerprint density at radius 1 is 1.13 bits per heavy atom. The Hall–Kier alpha value is -1.28. The highest BCUT2D eigenvalue weighted by Crippen LogP contribution is 2.23. The lowest BCUT2D eigenvalue weighted by Crippen LogP contribution is -2.37. The molecule has 0 spiro atoms. The van der Waals surface area contributed by atoms with E-state index in [4.69, 9.17) is 4.99 Å². The summed E-state index contributed by atoms with van der Waals surface area (Å²) in [5.74, 6) is 1.38. The average Bonchev–Trinajstić information content (AvgIpc) is 2.78. The van der Waals surface area contributed by atoms with Gasteiger partial charge in [0.05, 0.1) is 6.54 Å². The quantitative estimate of drug-likeness (QED) is 0.203. The summed E-state index contributed by atoms with van der Waals surface area (Å²) in [5.41, 5.74) is 4.10. The number of aliphatic hydroxyl groups excluding tert-OH is 1. The van der Waals surface area contributed by atoms with Crippen molar-refractivity contribution in [3.8, 4) is 0 Å². The summed E-state index contributed by atoms with van der Waals surface area (Å²) in [7, 11) is 0. The number of piperidine rings is 1. The van der Waals surface area contributed by atoms with Crippen molar-refractivity contribution < 1.29 is 5.11 Å². The Bertz CT molecular complexity index is 666. The number of guanidine groups is 1. The largest absolute Gasteiger partial charge is 0.396 e. The van der Waals surface area contributed by atoms with E-state index < -0.39 is 0 Å². The molecule has 1 aromatic carbocycles. The average molecular weight is 527 g/mol. The zero-order chi connectivity index (χ0) is 20.3. The van der Waals surface area contributed by atoms with Crippen LogP contribution in [0, 0.1) is 5.92 Å². The number of hydrogen-bond donors (Lipinski definition) is 3. The van der Waals surface area contributed by atoms with E-state index in [0.717, 1.165) is 51.4 Å². The second-order valence-corrected chi connectivity index (χ2v) is 8.26. The van der Waals surface area contributed by atoms with Crippen LogP contribution in [-0.2, 0) is 6.54 Å². The maximum atomic E-state index is 9.30. The molecule has 1 aromatic rings. The molecule has 0 radical (unpaired) electrons. The first kappa shape index (κ1) is 25.0. The van der Waals surface area contributed by atoms with Crippen molar-refractivity contribution in [2.45, 2.75) is 58.4 Å². The van der Waals surface area contributed by atoms with E-state index in [-0.39, 0.29) is 24.0 Å². The number of nitrogens with zero attached hydrogens (tertiary/aromatic N) is 2. The lowest BCUT2D eigenvalue weighted by atomic mass is 9.97. The summed E-state index contributed by atoms with van der Waals surface area (Å²) in [4.78, 5) is 7.18. The van der Waals surface area contributed by atoms with Crippen molar-refractivity contribution in [1.82, 2.24) is 10.6 Å². The molecule has 3 N–H and O–H groups in total. The summed E-state index contributed by atoms with van der Waals surface area (Å²) in [5, 5.41) is 16.1. The van der Waals surface area contributed by atoms with E-state index in [9.17, 15) is 5.11 Å². The minimum absolute atomic E-state index is 0. The standard InChI is InChI=1S/C24H38N4O.HI/c1-2-25-24(26-15-12-20-6-4-3-5-7-20)27-18-21-8-10-23(11-9-21)28-16-13-22(19-29)14-17-28;/h6,8-11,22,29H,2-5,7,12-19H2,1H3,(H2,25,26,27);1H. The van der Waals surface area contributed by atoms with Crippen LogP contribution in [0.15, 0.2) is 40.9 Å². The number of rotatable bonds is 8. The Labute approximate surface area is 199 Å². The summed E-state index contributed by atoms with van der Waals surface area (Å²) in [6.07, 6.45) is 10.9. The number of aliphatic hydroxyl groups is 1. The van der Waals surface area contributed by atoms with Crippen LogP contribution in [-0.4, -0.2) is 43.9 Å². The Balaban J connectivity index is 0.00000320. The molecular formula is C24H39IN4O. The predicted octanol–water partition coefficient (Wildman–Crippen LogP) is 4.46. The lowest BCUT2D eigenvalue weighted by molar-refractivity contribution is 0.203. The number of hydrogen-bond acceptors (Lipinski definition) is 3. The molecule has 0 amide bonds. The van der Waals surface area contributed by atoms with Gasteiger partial charge in [-0.25, -0.2) is 4.99 Å². The number of allylic oxidation sites excluding steroid dienone is 1. The maximum Gasteiger partial charge on any atom is 0.191 e. The van der Waals surface area contributed by atoms with Gasteiger partial charge in [-0.1, -0.05) is 23.8 Å². The summed E-state index contributed by atoms with van der Waals surface area (Å²) < 4.78 is 0. The monoisotopic (exact) mass is 526 g/mol. The minimum atomic E-state index is 0. The highest BCUT2D eigenvalue weighted by atomic mass is 127. The molecule has 30 heavy (non-hydrogen) atoms. The van der Waals surface area contributed by atoms with Gasteiger partial charge in [0.2, 0.25) is 0 Å². The van der Waals surface area contributed by atoms with Crippen LogP contribution in [0.2, 0.25) is 0 Å². The third-order valence-electron chi connectivity index (χ3n) is 6.06. The minimum Gasteiger partial charge on any atom is -0.396 e. The highest BCUT2D eigenvalue weighted by Gasteiger charge is 2.18. The van der Waals surface area contributed by atoms with Gasteiger partial charge >= 0.3 is 0 Å². The van der Waals surface area contributed by atoms with E-state index >= 15 is 0 Å². The van der Waals surface area contributed by atoms with Crippen molar-refractivity contribution in [2.24, 2.45) is 10.9 Å². The van der Waals surface area contributed by atoms with Crippen molar-refractivity contribution in [2.75, 3.05) is 37.7 Å². The van der Waals surface area contributed by atoms with Gasteiger partial charge in [0, 0.05) is 38.5 Å². The number of benzene rings is 1. The normalized spacial score (nSPS) is 17.9. The molecule has 0 unspecified atom stereocenters. The van der Waals surface area contributed by atoms with Gasteiger partial charge < -0.3 is 20.6 Å². The van der Waals surface area contributed by atoms with Gasteiger partial charge in [0.15, 0.2) is 5.96 Å². The zero-order valence-electron chi connectivity index (χ0n) is 18.4. The van der Waals surface area contributed by atoms with Crippen LogP contribution in [0.5, 0.6) is 0 Å². The Kier molecular flexibility index (Phi) is 11.6. The molecule has 0 aromatic heterocycles. The number of aliphatic imine (C=N–C) groups is 1. The molecule has 5 nitrogen and oxygen atoms in total. The van der Waals surface area contributed by atoms with Gasteiger partial charge in [-0.05, 0) is 75.5 Å². The molecule has 1 aliphatic heterocycles. The van der Waals surface area contributed by atoms with Crippen LogP contribution >= 0.6 is 24.0 Å². The molecule has 1 heterocycles. The summed E-state index contributed by atoms with van der Waals surface area (Å²) in [6.45, 7) is 7.00. The Morgan fingerprint density at radius 3 is 2.53 bits per heavy atom. The van der Waals surface area contributed by atoms with E-state index in [2.05, 4.69) is 52.8 Å². The number of anilines is 1. The van der Waals surface area contributed by atoms with Gasteiger partial charge in [0.1, 0.15) is 0 Å². The molecule has 168 valence electrons. The molecule has 1 saturated heterocycles. The molecule has 1 aliphatic carbocycles. The third-order valence-corrected chi connectivity index (χ3v) is 6.06. The molecule has 6 heteroatoms. The van der Waals surface area contributed by atoms with Crippen LogP contribution in [0.4, 0.5) is 5.69 Å². The molecular weight excluding hydrogens is 487 g/mol. The van der Waals surface area contributed by atoms with Crippen molar-refractivity contribution in [3.05, 3.63) is 41.5 Å². The second-order valence-electron chi connectivity index (χ2n) is 8.26. The zero-order valence-corrected chi connectivity index (χ0v) is 20.7. The summed E-state index contributed by atoms with van der Waals surface area (Å²) in [6, 6.07) is 8.79. The fraction of sp³-hybridized carbons (Fsp3) is 0.625.